The van der Waals surface area contributed by atoms with E-state index in [0.29, 0.717) is 20.6 Å². The van der Waals surface area contributed by atoms with E-state index in [4.69, 9.17) is 4.74 Å². The summed E-state index contributed by atoms with van der Waals surface area (Å²) in [6, 6.07) is 12.9. The molecule has 2 heterocycles. The molecule has 6 nitrogen and oxygen atoms in total. The van der Waals surface area contributed by atoms with E-state index in [1.165, 1.54) is 28.0 Å². The molecule has 0 saturated heterocycles. The quantitative estimate of drug-likeness (QED) is 0.544. The lowest BCUT2D eigenvalue weighted by atomic mass is 9.96. The SMILES string of the molecule is CCOC(=O)C1=C(C)N=c2s/c(=C\c3ccc(N(C)C)cc3)c(=O)n2[C@@H]1c1ccc(F)cc1. The minimum absolute atomic E-state index is 0.194. The van der Waals surface area contributed by atoms with E-state index in [0.717, 1.165) is 11.3 Å². The third-order valence-electron chi connectivity index (χ3n) is 5.41. The summed E-state index contributed by atoms with van der Waals surface area (Å²) in [5.74, 6) is -0.938. The molecule has 1 aliphatic heterocycles. The Balaban J connectivity index is 1.90. The zero-order chi connectivity index (χ0) is 23.7. The number of carbonyl (C=O) groups is 1. The number of thiazole rings is 1. The van der Waals surface area contributed by atoms with Crippen LogP contribution in [0.3, 0.4) is 0 Å². The van der Waals surface area contributed by atoms with Crippen molar-refractivity contribution < 1.29 is 13.9 Å². The van der Waals surface area contributed by atoms with Crippen LogP contribution in [-0.2, 0) is 9.53 Å². The van der Waals surface area contributed by atoms with Crippen molar-refractivity contribution in [2.75, 3.05) is 25.6 Å². The number of rotatable bonds is 5. The van der Waals surface area contributed by atoms with Crippen molar-refractivity contribution in [3.8, 4) is 0 Å². The highest BCUT2D eigenvalue weighted by Gasteiger charge is 2.33. The van der Waals surface area contributed by atoms with Crippen LogP contribution < -0.4 is 19.8 Å². The van der Waals surface area contributed by atoms with Crippen LogP contribution in [0.4, 0.5) is 10.1 Å². The molecule has 3 aromatic rings. The predicted octanol–water partition coefficient (Wildman–Crippen LogP) is 3.00. The van der Waals surface area contributed by atoms with Gasteiger partial charge in [0.1, 0.15) is 5.82 Å². The van der Waals surface area contributed by atoms with Crippen LogP contribution >= 0.6 is 11.3 Å². The number of carbonyl (C=O) groups excluding carboxylic acids is 1. The molecule has 0 aliphatic carbocycles. The monoisotopic (exact) mass is 465 g/mol. The van der Waals surface area contributed by atoms with Crippen LogP contribution in [0.25, 0.3) is 6.08 Å². The van der Waals surface area contributed by atoms with Gasteiger partial charge in [-0.1, -0.05) is 35.6 Å². The number of nitrogens with zero attached hydrogens (tertiary/aromatic N) is 3. The second kappa shape index (κ2) is 9.15. The fourth-order valence-electron chi connectivity index (χ4n) is 3.77. The van der Waals surface area contributed by atoms with Gasteiger partial charge in [-0.25, -0.2) is 14.2 Å². The van der Waals surface area contributed by atoms with Crippen molar-refractivity contribution in [2.24, 2.45) is 4.99 Å². The van der Waals surface area contributed by atoms with Crippen molar-refractivity contribution in [2.45, 2.75) is 19.9 Å². The normalized spacial score (nSPS) is 15.8. The van der Waals surface area contributed by atoms with Gasteiger partial charge in [0.25, 0.3) is 5.56 Å². The molecule has 1 aromatic heterocycles. The first-order valence-corrected chi connectivity index (χ1v) is 11.3. The van der Waals surface area contributed by atoms with Gasteiger partial charge in [-0.3, -0.25) is 9.36 Å². The summed E-state index contributed by atoms with van der Waals surface area (Å²) >= 11 is 1.26. The third kappa shape index (κ3) is 4.39. The third-order valence-corrected chi connectivity index (χ3v) is 6.39. The largest absolute Gasteiger partial charge is 0.463 e. The number of anilines is 1. The van der Waals surface area contributed by atoms with Crippen LogP contribution in [0.15, 0.2) is 69.6 Å². The number of fused-ring (bicyclic) bond motifs is 1. The number of halogens is 1. The van der Waals surface area contributed by atoms with E-state index in [2.05, 4.69) is 4.99 Å². The zero-order valence-corrected chi connectivity index (χ0v) is 19.6. The molecule has 0 saturated carbocycles. The first kappa shape index (κ1) is 22.7. The molecule has 0 unspecified atom stereocenters. The highest BCUT2D eigenvalue weighted by Crippen LogP contribution is 2.30. The summed E-state index contributed by atoms with van der Waals surface area (Å²) in [5.41, 5.74) is 3.03. The molecule has 170 valence electrons. The van der Waals surface area contributed by atoms with E-state index in [1.54, 1.807) is 26.0 Å². The summed E-state index contributed by atoms with van der Waals surface area (Å²) in [5, 5.41) is 0. The zero-order valence-electron chi connectivity index (χ0n) is 18.8. The van der Waals surface area contributed by atoms with Crippen molar-refractivity contribution in [3.63, 3.8) is 0 Å². The second-order valence-corrected chi connectivity index (χ2v) is 8.85. The van der Waals surface area contributed by atoms with Gasteiger partial charge in [0.2, 0.25) is 0 Å². The fourth-order valence-corrected chi connectivity index (χ4v) is 4.82. The van der Waals surface area contributed by atoms with Crippen molar-refractivity contribution >= 4 is 29.1 Å². The molecule has 1 aliphatic rings. The van der Waals surface area contributed by atoms with Crippen LogP contribution in [0.5, 0.6) is 0 Å². The molecule has 2 aromatic carbocycles. The molecule has 8 heteroatoms. The van der Waals surface area contributed by atoms with Gasteiger partial charge in [-0.05, 0) is 55.3 Å². The fraction of sp³-hybridized carbons (Fsp3) is 0.240. The van der Waals surface area contributed by atoms with Crippen LogP contribution in [0.2, 0.25) is 0 Å². The lowest BCUT2D eigenvalue weighted by Gasteiger charge is -2.24. The average molecular weight is 466 g/mol. The van der Waals surface area contributed by atoms with E-state index in [1.807, 2.05) is 49.3 Å². The first-order chi connectivity index (χ1) is 15.8. The van der Waals surface area contributed by atoms with Crippen LogP contribution in [0, 0.1) is 5.82 Å². The molecule has 0 radical (unpaired) electrons. The van der Waals surface area contributed by atoms with Gasteiger partial charge in [0, 0.05) is 19.8 Å². The van der Waals surface area contributed by atoms with E-state index in [-0.39, 0.29) is 17.7 Å². The average Bonchev–Trinajstić information content (AvgIpc) is 3.08. The van der Waals surface area contributed by atoms with Gasteiger partial charge in [-0.2, -0.15) is 0 Å². The predicted molar refractivity (Wildman–Crippen MR) is 128 cm³/mol. The number of ether oxygens (including phenoxy) is 1. The minimum atomic E-state index is -0.751. The number of allylic oxidation sites excluding steroid dienone is 1. The van der Waals surface area contributed by atoms with Gasteiger partial charge < -0.3 is 9.64 Å². The Kier molecular flexibility index (Phi) is 6.29. The Morgan fingerprint density at radius 3 is 2.45 bits per heavy atom. The van der Waals surface area contributed by atoms with Crippen LogP contribution in [0.1, 0.15) is 31.0 Å². The molecule has 0 spiro atoms. The maximum atomic E-state index is 13.6. The highest BCUT2D eigenvalue weighted by molar-refractivity contribution is 7.07. The van der Waals surface area contributed by atoms with E-state index >= 15 is 0 Å². The second-order valence-electron chi connectivity index (χ2n) is 7.84. The summed E-state index contributed by atoms with van der Waals surface area (Å²) < 4.78 is 20.9. The molecular weight excluding hydrogens is 441 g/mol. The topological polar surface area (TPSA) is 63.9 Å². The Hall–Kier alpha value is -3.52. The van der Waals surface area contributed by atoms with Gasteiger partial charge in [0.05, 0.1) is 28.5 Å². The Labute approximate surface area is 194 Å². The lowest BCUT2D eigenvalue weighted by Crippen LogP contribution is -2.39. The Bertz CT molecular complexity index is 1400. The maximum Gasteiger partial charge on any atom is 0.338 e. The summed E-state index contributed by atoms with van der Waals surface area (Å²) in [6.45, 7) is 3.64. The lowest BCUT2D eigenvalue weighted by molar-refractivity contribution is -0.139. The standard InChI is InChI=1S/C25H24FN3O3S/c1-5-32-24(31)21-15(2)27-25-29(22(21)17-8-10-18(26)11-9-17)23(30)20(33-25)14-16-6-12-19(13-7-16)28(3)4/h6-14,22H,5H2,1-4H3/b20-14-/t22-/m1/s1. The number of hydrogen-bond donors (Lipinski definition) is 0. The van der Waals surface area contributed by atoms with Gasteiger partial charge in [0.15, 0.2) is 4.80 Å². The molecular formula is C25H24FN3O3S. The molecule has 0 bridgehead atoms. The minimum Gasteiger partial charge on any atom is -0.463 e. The molecule has 0 amide bonds. The van der Waals surface area contributed by atoms with Gasteiger partial charge >= 0.3 is 5.97 Å². The molecule has 33 heavy (non-hydrogen) atoms. The van der Waals surface area contributed by atoms with Crippen molar-refractivity contribution in [1.82, 2.24) is 4.57 Å². The van der Waals surface area contributed by atoms with Gasteiger partial charge in [-0.15, -0.1) is 0 Å². The summed E-state index contributed by atoms with van der Waals surface area (Å²) in [6.07, 6.45) is 1.81. The maximum absolute atomic E-state index is 13.6. The van der Waals surface area contributed by atoms with E-state index < -0.39 is 17.8 Å². The number of benzene rings is 2. The number of esters is 1. The van der Waals surface area contributed by atoms with Crippen molar-refractivity contribution in [1.29, 1.82) is 0 Å². The van der Waals surface area contributed by atoms with Crippen molar-refractivity contribution in [3.05, 3.63) is 96.4 Å². The molecule has 0 fully saturated rings. The molecule has 4 rings (SSSR count). The highest BCUT2D eigenvalue weighted by atomic mass is 32.1. The smallest absolute Gasteiger partial charge is 0.338 e. The van der Waals surface area contributed by atoms with Crippen LogP contribution in [-0.4, -0.2) is 31.2 Å². The number of aromatic nitrogens is 1. The number of hydrogen-bond acceptors (Lipinski definition) is 6. The molecule has 0 N–H and O–H groups in total. The Morgan fingerprint density at radius 2 is 1.85 bits per heavy atom. The molecule has 1 atom stereocenters. The Morgan fingerprint density at radius 1 is 1.18 bits per heavy atom. The summed E-state index contributed by atoms with van der Waals surface area (Å²) in [4.78, 5) is 33.4. The van der Waals surface area contributed by atoms with E-state index in [9.17, 15) is 14.0 Å². The first-order valence-electron chi connectivity index (χ1n) is 10.5. The summed E-state index contributed by atoms with van der Waals surface area (Å²) in [7, 11) is 3.93.